The molecule has 2 aromatic carbocycles. The molecular weight excluding hydrogens is 550 g/mol. The van der Waals surface area contributed by atoms with Crippen LogP contribution in [0.1, 0.15) is 69.6 Å². The minimum absolute atomic E-state index is 0.191. The molecule has 0 aliphatic rings. The number of fused-ring (bicyclic) bond motifs is 1. The number of nitrogens with zero attached hydrogens (tertiary/aromatic N) is 3. The summed E-state index contributed by atoms with van der Waals surface area (Å²) in [6.07, 6.45) is 5.87. The van der Waals surface area contributed by atoms with Gasteiger partial charge in [0.05, 0.1) is 0 Å². The molecule has 8 heteroatoms. The van der Waals surface area contributed by atoms with Crippen molar-refractivity contribution in [1.82, 2.24) is 14.5 Å². The number of benzene rings is 2. The Balaban J connectivity index is 1.60. The van der Waals surface area contributed by atoms with Gasteiger partial charge < -0.3 is 15.4 Å². The van der Waals surface area contributed by atoms with Crippen molar-refractivity contribution in [2.24, 2.45) is 0 Å². The lowest BCUT2D eigenvalue weighted by atomic mass is 9.93. The maximum atomic E-state index is 14.1. The standard InChI is InChI=1S/C36H39N5O3/c1-6-20-41-34-30(14-9-17-38-34)31(26-10-7-11-27(21-26)44-22-25-15-18-37-19-16-25)33(35(41)42)40-36(43)39-32-28(23(2)3)12-8-13-29(32)24(4)5/h7-19,21,23-24H,6,20,22H2,1-5H3,(H2,39,40,43). The number of nitrogens with one attached hydrogen (secondary N) is 2. The molecule has 0 unspecified atom stereocenters. The number of amides is 2. The number of rotatable bonds is 10. The van der Waals surface area contributed by atoms with Gasteiger partial charge in [0.2, 0.25) is 0 Å². The van der Waals surface area contributed by atoms with Gasteiger partial charge >= 0.3 is 6.03 Å². The summed E-state index contributed by atoms with van der Waals surface area (Å²) < 4.78 is 7.74. The number of carbonyl (C=O) groups excluding carboxylic acids is 1. The number of ether oxygens (including phenoxy) is 1. The highest BCUT2D eigenvalue weighted by molar-refractivity contribution is 6.07. The molecule has 3 heterocycles. The van der Waals surface area contributed by atoms with E-state index in [2.05, 4.69) is 48.3 Å². The van der Waals surface area contributed by atoms with E-state index in [0.29, 0.717) is 30.1 Å². The number of urea groups is 1. The van der Waals surface area contributed by atoms with E-state index in [4.69, 9.17) is 4.74 Å². The zero-order chi connectivity index (χ0) is 31.2. The first-order valence-corrected chi connectivity index (χ1v) is 15.1. The third kappa shape index (κ3) is 6.49. The van der Waals surface area contributed by atoms with Crippen molar-refractivity contribution < 1.29 is 9.53 Å². The first-order valence-electron chi connectivity index (χ1n) is 15.1. The molecule has 0 aliphatic heterocycles. The van der Waals surface area contributed by atoms with Gasteiger partial charge in [0.25, 0.3) is 5.56 Å². The normalized spacial score (nSPS) is 11.2. The highest BCUT2D eigenvalue weighted by atomic mass is 16.5. The number of anilines is 2. The largest absolute Gasteiger partial charge is 0.489 e. The summed E-state index contributed by atoms with van der Waals surface area (Å²) in [4.78, 5) is 36.6. The molecule has 44 heavy (non-hydrogen) atoms. The lowest BCUT2D eigenvalue weighted by molar-refractivity contribution is 0.262. The minimum Gasteiger partial charge on any atom is -0.489 e. The van der Waals surface area contributed by atoms with Gasteiger partial charge in [0.15, 0.2) is 0 Å². The molecular formula is C36H39N5O3. The smallest absolute Gasteiger partial charge is 0.323 e. The molecule has 2 N–H and O–H groups in total. The minimum atomic E-state index is -0.477. The molecule has 0 saturated carbocycles. The van der Waals surface area contributed by atoms with Gasteiger partial charge in [-0.05, 0) is 76.9 Å². The van der Waals surface area contributed by atoms with E-state index in [1.54, 1.807) is 23.2 Å². The van der Waals surface area contributed by atoms with Crippen molar-refractivity contribution in [3.8, 4) is 16.9 Å². The summed E-state index contributed by atoms with van der Waals surface area (Å²) in [5, 5.41) is 6.83. The van der Waals surface area contributed by atoms with E-state index in [1.807, 2.05) is 73.7 Å². The Hall–Kier alpha value is -4.98. The predicted octanol–water partition coefficient (Wildman–Crippen LogP) is 8.34. The monoisotopic (exact) mass is 589 g/mol. The quantitative estimate of drug-likeness (QED) is 0.171. The Bertz CT molecular complexity index is 1800. The second-order valence-corrected chi connectivity index (χ2v) is 11.5. The first kappa shape index (κ1) is 30.5. The number of hydrogen-bond donors (Lipinski definition) is 2. The van der Waals surface area contributed by atoms with Crippen molar-refractivity contribution >= 4 is 28.4 Å². The van der Waals surface area contributed by atoms with Crippen LogP contribution in [-0.2, 0) is 13.2 Å². The van der Waals surface area contributed by atoms with Crippen LogP contribution in [0.25, 0.3) is 22.2 Å². The van der Waals surface area contributed by atoms with Gasteiger partial charge in [0.1, 0.15) is 23.7 Å². The summed E-state index contributed by atoms with van der Waals surface area (Å²) in [6, 6.07) is 20.8. The fourth-order valence-corrected chi connectivity index (χ4v) is 5.47. The number of hydrogen-bond acceptors (Lipinski definition) is 5. The molecule has 0 spiro atoms. The van der Waals surface area contributed by atoms with Crippen molar-refractivity contribution in [3.05, 3.63) is 112 Å². The average Bonchev–Trinajstić information content (AvgIpc) is 3.02. The van der Waals surface area contributed by atoms with Crippen molar-refractivity contribution in [3.63, 3.8) is 0 Å². The van der Waals surface area contributed by atoms with Crippen LogP contribution < -0.4 is 20.9 Å². The van der Waals surface area contributed by atoms with Crippen LogP contribution >= 0.6 is 0 Å². The Morgan fingerprint density at radius 3 is 2.23 bits per heavy atom. The van der Waals surface area contributed by atoms with E-state index in [-0.39, 0.29) is 23.1 Å². The zero-order valence-electron chi connectivity index (χ0n) is 25.9. The summed E-state index contributed by atoms with van der Waals surface area (Å²) in [5.74, 6) is 1.03. The summed E-state index contributed by atoms with van der Waals surface area (Å²) in [6.45, 7) is 11.2. The van der Waals surface area contributed by atoms with Gasteiger partial charge in [-0.1, -0.05) is 65.0 Å². The SMILES string of the molecule is CCCn1c(=O)c(NC(=O)Nc2c(C(C)C)cccc2C(C)C)c(-c2cccc(OCc3ccncc3)c2)c2cccnc21. The number of aryl methyl sites for hydroxylation is 1. The van der Waals surface area contributed by atoms with Crippen molar-refractivity contribution in [1.29, 1.82) is 0 Å². The molecule has 0 bridgehead atoms. The van der Waals surface area contributed by atoms with E-state index in [1.165, 1.54) is 0 Å². The summed E-state index contributed by atoms with van der Waals surface area (Å²) in [5.41, 5.74) is 5.61. The van der Waals surface area contributed by atoms with Crippen LogP contribution in [0, 0.1) is 0 Å². The van der Waals surface area contributed by atoms with Crippen molar-refractivity contribution in [2.75, 3.05) is 10.6 Å². The van der Waals surface area contributed by atoms with E-state index < -0.39 is 6.03 Å². The molecule has 5 rings (SSSR count). The molecule has 0 atom stereocenters. The van der Waals surface area contributed by atoms with Gasteiger partial charge in [0, 0.05) is 41.8 Å². The second-order valence-electron chi connectivity index (χ2n) is 11.5. The molecule has 0 radical (unpaired) electrons. The fraction of sp³-hybridized carbons (Fsp3) is 0.278. The van der Waals surface area contributed by atoms with E-state index in [9.17, 15) is 9.59 Å². The maximum Gasteiger partial charge on any atom is 0.323 e. The second kappa shape index (κ2) is 13.5. The molecule has 0 aliphatic carbocycles. The molecule has 3 aromatic heterocycles. The maximum absolute atomic E-state index is 14.1. The molecule has 2 amide bonds. The van der Waals surface area contributed by atoms with Gasteiger partial charge in [-0.25, -0.2) is 9.78 Å². The molecule has 0 saturated heterocycles. The van der Waals surface area contributed by atoms with E-state index >= 15 is 0 Å². The number of aromatic nitrogens is 3. The van der Waals surface area contributed by atoms with Crippen LogP contribution in [-0.4, -0.2) is 20.6 Å². The van der Waals surface area contributed by atoms with Crippen LogP contribution in [0.2, 0.25) is 0 Å². The highest BCUT2D eigenvalue weighted by Crippen LogP contribution is 2.36. The Morgan fingerprint density at radius 1 is 0.864 bits per heavy atom. The number of carbonyl (C=O) groups is 1. The van der Waals surface area contributed by atoms with Crippen LogP contribution in [0.4, 0.5) is 16.2 Å². The van der Waals surface area contributed by atoms with Gasteiger partial charge in [-0.15, -0.1) is 0 Å². The van der Waals surface area contributed by atoms with Crippen LogP contribution in [0.15, 0.2) is 90.1 Å². The third-order valence-corrected chi connectivity index (χ3v) is 7.60. The topological polar surface area (TPSA) is 98.1 Å². The third-order valence-electron chi connectivity index (χ3n) is 7.60. The van der Waals surface area contributed by atoms with E-state index in [0.717, 1.165) is 39.7 Å². The number of para-hydroxylation sites is 1. The predicted molar refractivity (Wildman–Crippen MR) is 178 cm³/mol. The molecule has 8 nitrogen and oxygen atoms in total. The first-order chi connectivity index (χ1) is 21.3. The van der Waals surface area contributed by atoms with Gasteiger partial charge in [-0.3, -0.25) is 14.3 Å². The molecule has 0 fully saturated rings. The fourth-order valence-electron chi connectivity index (χ4n) is 5.47. The van der Waals surface area contributed by atoms with Gasteiger partial charge in [-0.2, -0.15) is 0 Å². The Morgan fingerprint density at radius 2 is 1.55 bits per heavy atom. The highest BCUT2D eigenvalue weighted by Gasteiger charge is 2.22. The van der Waals surface area contributed by atoms with Crippen LogP contribution in [0.3, 0.4) is 0 Å². The lowest BCUT2D eigenvalue weighted by Crippen LogP contribution is -2.30. The number of pyridine rings is 3. The Kier molecular flexibility index (Phi) is 9.38. The summed E-state index contributed by atoms with van der Waals surface area (Å²) >= 11 is 0. The van der Waals surface area contributed by atoms with Crippen molar-refractivity contribution in [2.45, 2.75) is 66.0 Å². The van der Waals surface area contributed by atoms with Crippen LogP contribution in [0.5, 0.6) is 5.75 Å². The lowest BCUT2D eigenvalue weighted by Gasteiger charge is -2.22. The average molecular weight is 590 g/mol. The molecule has 5 aromatic rings. The Labute approximate surface area is 258 Å². The summed E-state index contributed by atoms with van der Waals surface area (Å²) in [7, 11) is 0. The zero-order valence-corrected chi connectivity index (χ0v) is 25.9. The molecule has 226 valence electrons.